The molecule has 1 aromatic carbocycles. The van der Waals surface area contributed by atoms with E-state index in [4.69, 9.17) is 29.6 Å². The zero-order valence-electron chi connectivity index (χ0n) is 14.3. The van der Waals surface area contributed by atoms with Crippen molar-refractivity contribution in [2.24, 2.45) is 10.8 Å². The lowest BCUT2D eigenvalue weighted by Crippen LogP contribution is -2.46. The minimum absolute atomic E-state index is 0.133. The van der Waals surface area contributed by atoms with Crippen LogP contribution in [0.15, 0.2) is 47.8 Å². The van der Waals surface area contributed by atoms with E-state index >= 15 is 0 Å². The molecule has 1 aliphatic rings. The quantitative estimate of drug-likeness (QED) is 0.465. The highest BCUT2D eigenvalue weighted by molar-refractivity contribution is 7.80. The molecule has 0 amide bonds. The molecule has 8 heteroatoms. The highest BCUT2D eigenvalue weighted by atomic mass is 35.5. The topological polar surface area (TPSA) is 69.8 Å². The molecule has 2 heterocycles. The van der Waals surface area contributed by atoms with Crippen molar-refractivity contribution < 1.29 is 0 Å². The van der Waals surface area contributed by atoms with Crippen LogP contribution in [-0.2, 0) is 6.54 Å². The van der Waals surface area contributed by atoms with Crippen LogP contribution >= 0.6 is 23.8 Å². The number of nitrogens with two attached hydrogens (primary N) is 1. The van der Waals surface area contributed by atoms with Gasteiger partial charge in [0.05, 0.1) is 16.9 Å². The fourth-order valence-electron chi connectivity index (χ4n) is 2.92. The molecule has 1 fully saturated rings. The summed E-state index contributed by atoms with van der Waals surface area (Å²) in [5.74, 6) is 0. The van der Waals surface area contributed by atoms with E-state index in [2.05, 4.69) is 37.4 Å². The summed E-state index contributed by atoms with van der Waals surface area (Å²) in [5.41, 5.74) is 11.1. The molecule has 0 atom stereocenters. The van der Waals surface area contributed by atoms with Gasteiger partial charge in [0.15, 0.2) is 5.11 Å². The number of benzene rings is 1. The van der Waals surface area contributed by atoms with Crippen LogP contribution in [0, 0.1) is 0 Å². The van der Waals surface area contributed by atoms with E-state index < -0.39 is 0 Å². The summed E-state index contributed by atoms with van der Waals surface area (Å²) in [6.07, 6.45) is 5.32. The third-order valence-electron chi connectivity index (χ3n) is 4.23. The van der Waals surface area contributed by atoms with E-state index in [9.17, 15) is 0 Å². The van der Waals surface area contributed by atoms with Gasteiger partial charge in [0, 0.05) is 45.1 Å². The van der Waals surface area contributed by atoms with Crippen molar-refractivity contribution in [2.75, 3.05) is 31.1 Å². The first-order valence-corrected chi connectivity index (χ1v) is 9.15. The number of nitrogens with one attached hydrogen (secondary N) is 1. The second-order valence-corrected chi connectivity index (χ2v) is 6.91. The Morgan fingerprint density at radius 3 is 2.62 bits per heavy atom. The summed E-state index contributed by atoms with van der Waals surface area (Å²) in [7, 11) is 0. The van der Waals surface area contributed by atoms with Crippen LogP contribution in [0.3, 0.4) is 0 Å². The lowest BCUT2D eigenvalue weighted by Gasteiger charge is -2.36. The number of anilines is 1. The van der Waals surface area contributed by atoms with Crippen LogP contribution in [0.25, 0.3) is 0 Å². The second-order valence-electron chi connectivity index (χ2n) is 6.06. The Morgan fingerprint density at radius 1 is 1.23 bits per heavy atom. The first kappa shape index (κ1) is 18.6. The Balaban J connectivity index is 1.57. The molecule has 1 aliphatic heterocycles. The Kier molecular flexibility index (Phi) is 6.38. The first-order chi connectivity index (χ1) is 12.6. The van der Waals surface area contributed by atoms with Gasteiger partial charge in [-0.3, -0.25) is 15.3 Å². The van der Waals surface area contributed by atoms with Crippen molar-refractivity contribution >= 4 is 40.8 Å². The number of rotatable bonds is 5. The number of hydrogen-bond acceptors (Lipinski definition) is 5. The van der Waals surface area contributed by atoms with Crippen molar-refractivity contribution in [1.82, 2.24) is 15.3 Å². The minimum atomic E-state index is 0.133. The number of halogens is 1. The molecule has 0 saturated carbocycles. The predicted molar refractivity (Wildman–Crippen MR) is 111 cm³/mol. The summed E-state index contributed by atoms with van der Waals surface area (Å²) in [4.78, 5) is 8.83. The molecule has 26 heavy (non-hydrogen) atoms. The number of pyridine rings is 1. The summed E-state index contributed by atoms with van der Waals surface area (Å²) in [5, 5.41) is 4.80. The van der Waals surface area contributed by atoms with Crippen LogP contribution in [0.5, 0.6) is 0 Å². The van der Waals surface area contributed by atoms with E-state index in [1.165, 1.54) is 5.56 Å². The van der Waals surface area contributed by atoms with E-state index in [0.717, 1.165) is 44.0 Å². The maximum absolute atomic E-state index is 6.48. The van der Waals surface area contributed by atoms with Crippen molar-refractivity contribution in [3.63, 3.8) is 0 Å². The summed E-state index contributed by atoms with van der Waals surface area (Å²) >= 11 is 11.2. The monoisotopic (exact) mass is 388 g/mol. The molecule has 6 nitrogen and oxygen atoms in total. The average molecular weight is 389 g/mol. The second kappa shape index (κ2) is 8.93. The van der Waals surface area contributed by atoms with Crippen LogP contribution in [0.2, 0.25) is 5.02 Å². The van der Waals surface area contributed by atoms with Gasteiger partial charge in [-0.15, -0.1) is 0 Å². The maximum atomic E-state index is 6.48. The third-order valence-corrected chi connectivity index (χ3v) is 4.62. The van der Waals surface area contributed by atoms with Crippen molar-refractivity contribution in [2.45, 2.75) is 6.54 Å². The Hall–Kier alpha value is -2.22. The molecule has 1 aromatic heterocycles. The van der Waals surface area contributed by atoms with Gasteiger partial charge in [-0.05, 0) is 47.6 Å². The number of nitrogens with zero attached hydrogens (tertiary/aromatic N) is 4. The molecule has 1 saturated heterocycles. The van der Waals surface area contributed by atoms with Crippen molar-refractivity contribution in [3.8, 4) is 0 Å². The highest BCUT2D eigenvalue weighted by Gasteiger charge is 2.19. The number of hydrazone groups is 1. The van der Waals surface area contributed by atoms with E-state index in [1.807, 2.05) is 30.6 Å². The Bertz CT molecular complexity index is 775. The maximum Gasteiger partial charge on any atom is 0.184 e. The molecule has 0 radical (unpaired) electrons. The number of thiocarbonyl (C=S) groups is 1. The number of piperazine rings is 1. The molecule has 2 aromatic rings. The van der Waals surface area contributed by atoms with E-state index in [-0.39, 0.29) is 5.11 Å². The number of aromatic nitrogens is 1. The normalized spacial score (nSPS) is 15.3. The molecule has 0 aliphatic carbocycles. The predicted octanol–water partition coefficient (Wildman–Crippen LogP) is 2.22. The molecule has 136 valence electrons. The van der Waals surface area contributed by atoms with E-state index in [1.54, 1.807) is 6.21 Å². The zero-order chi connectivity index (χ0) is 18.4. The Morgan fingerprint density at radius 2 is 1.96 bits per heavy atom. The van der Waals surface area contributed by atoms with Crippen LogP contribution < -0.4 is 16.1 Å². The molecular weight excluding hydrogens is 368 g/mol. The minimum Gasteiger partial charge on any atom is -0.375 e. The van der Waals surface area contributed by atoms with Gasteiger partial charge in [0.25, 0.3) is 0 Å². The summed E-state index contributed by atoms with van der Waals surface area (Å²) in [6, 6.07) is 10.0. The molecule has 0 unspecified atom stereocenters. The summed E-state index contributed by atoms with van der Waals surface area (Å²) < 4.78 is 0. The summed E-state index contributed by atoms with van der Waals surface area (Å²) in [6.45, 7) is 4.84. The fraction of sp³-hybridized carbons (Fsp3) is 0.278. The first-order valence-electron chi connectivity index (χ1n) is 8.36. The van der Waals surface area contributed by atoms with Crippen LogP contribution in [0.1, 0.15) is 11.1 Å². The van der Waals surface area contributed by atoms with Crippen molar-refractivity contribution in [1.29, 1.82) is 0 Å². The molecule has 3 N–H and O–H groups in total. The number of hydrogen-bond donors (Lipinski definition) is 2. The smallest absolute Gasteiger partial charge is 0.184 e. The van der Waals surface area contributed by atoms with Crippen LogP contribution in [-0.4, -0.2) is 47.4 Å². The largest absolute Gasteiger partial charge is 0.375 e. The van der Waals surface area contributed by atoms with E-state index in [0.29, 0.717) is 5.02 Å². The third kappa shape index (κ3) is 5.14. The zero-order valence-corrected chi connectivity index (χ0v) is 15.9. The average Bonchev–Trinajstić information content (AvgIpc) is 2.63. The molecule has 0 bridgehead atoms. The fourth-order valence-corrected chi connectivity index (χ4v) is 3.28. The standard InChI is InChI=1S/C18H21ClN6S/c19-16-11-15(12-22-23-18(20)26)1-2-17(16)25-9-7-24(8-10-25)13-14-3-5-21-6-4-14/h1-6,11-12H,7-10,13H2,(H3,20,23,26)/b22-12+. The molecular formula is C18H21ClN6S. The van der Waals surface area contributed by atoms with Gasteiger partial charge in [-0.25, -0.2) is 0 Å². The van der Waals surface area contributed by atoms with Gasteiger partial charge in [-0.1, -0.05) is 17.7 Å². The van der Waals surface area contributed by atoms with Gasteiger partial charge < -0.3 is 10.6 Å². The van der Waals surface area contributed by atoms with Crippen molar-refractivity contribution in [3.05, 3.63) is 58.9 Å². The van der Waals surface area contributed by atoms with Gasteiger partial charge in [0.1, 0.15) is 0 Å². The van der Waals surface area contributed by atoms with Gasteiger partial charge in [-0.2, -0.15) is 5.10 Å². The SMILES string of the molecule is NC(=S)N/N=C/c1ccc(N2CCN(Cc3ccncc3)CC2)c(Cl)c1. The molecule has 0 spiro atoms. The Labute approximate surface area is 163 Å². The molecule has 3 rings (SSSR count). The highest BCUT2D eigenvalue weighted by Crippen LogP contribution is 2.27. The lowest BCUT2D eigenvalue weighted by atomic mass is 10.1. The van der Waals surface area contributed by atoms with Gasteiger partial charge in [0.2, 0.25) is 0 Å². The lowest BCUT2D eigenvalue weighted by molar-refractivity contribution is 0.250. The van der Waals surface area contributed by atoms with Gasteiger partial charge >= 0.3 is 0 Å². The van der Waals surface area contributed by atoms with Crippen LogP contribution in [0.4, 0.5) is 5.69 Å².